The van der Waals surface area contributed by atoms with Gasteiger partial charge in [0.05, 0.1) is 0 Å². The Morgan fingerprint density at radius 2 is 1.67 bits per heavy atom. The van der Waals surface area contributed by atoms with E-state index in [0.29, 0.717) is 0 Å². The summed E-state index contributed by atoms with van der Waals surface area (Å²) in [6.45, 7) is 4.08. The number of carbonyl (C=O) groups excluding carboxylic acids is 1. The first-order valence-electron chi connectivity index (χ1n) is 8.07. The van der Waals surface area contributed by atoms with Crippen molar-refractivity contribution in [2.45, 2.75) is 20.3 Å². The number of hydrogen-bond acceptors (Lipinski definition) is 1. The molecule has 3 aromatic rings. The molecule has 0 radical (unpaired) electrons. The first kappa shape index (κ1) is 15.9. The number of aryl methyl sites for hydroxylation is 2. The molecular weight excluding hydrogens is 298 g/mol. The molecule has 0 aliphatic carbocycles. The van der Waals surface area contributed by atoms with E-state index < -0.39 is 0 Å². The van der Waals surface area contributed by atoms with Crippen LogP contribution < -0.4 is 10.6 Å². The molecule has 2 amide bonds. The number of para-hydroxylation sites is 1. The zero-order chi connectivity index (χ0) is 16.9. The van der Waals surface area contributed by atoms with Crippen LogP contribution in [-0.4, -0.2) is 10.6 Å². The molecule has 0 unspecified atom stereocenters. The lowest BCUT2D eigenvalue weighted by Gasteiger charge is -2.14. The summed E-state index contributed by atoms with van der Waals surface area (Å²) >= 11 is 0. The van der Waals surface area contributed by atoms with Crippen molar-refractivity contribution in [1.29, 1.82) is 0 Å². The van der Waals surface area contributed by atoms with Crippen LogP contribution in [0.2, 0.25) is 0 Å². The Hall–Kier alpha value is -3.01. The van der Waals surface area contributed by atoms with Gasteiger partial charge in [-0.25, -0.2) is 4.79 Å². The van der Waals surface area contributed by atoms with Gasteiger partial charge in [-0.2, -0.15) is 0 Å². The quantitative estimate of drug-likeness (QED) is 0.699. The zero-order valence-electron chi connectivity index (χ0n) is 13.9. The largest absolute Gasteiger partial charge is 0.324 e. The van der Waals surface area contributed by atoms with E-state index >= 15 is 0 Å². The van der Waals surface area contributed by atoms with E-state index in [9.17, 15) is 4.79 Å². The Morgan fingerprint density at radius 1 is 0.958 bits per heavy atom. The van der Waals surface area contributed by atoms with Gasteiger partial charge in [0.25, 0.3) is 0 Å². The second-order valence-electron chi connectivity index (χ2n) is 5.68. The van der Waals surface area contributed by atoms with Crippen molar-refractivity contribution >= 4 is 17.4 Å². The minimum atomic E-state index is -0.229. The third-order valence-electron chi connectivity index (χ3n) is 4.01. The highest BCUT2D eigenvalue weighted by molar-refractivity contribution is 6.00. The molecule has 2 N–H and O–H groups in total. The predicted molar refractivity (Wildman–Crippen MR) is 99.0 cm³/mol. The number of amides is 2. The van der Waals surface area contributed by atoms with E-state index in [2.05, 4.69) is 17.6 Å². The molecule has 4 heteroatoms. The molecule has 122 valence electrons. The number of carbonyl (C=O) groups is 1. The van der Waals surface area contributed by atoms with Gasteiger partial charge in [0.1, 0.15) is 0 Å². The SMILES string of the molecule is CCc1cccc(C)c1NC(=O)Nc1ccc(-n2cccc2)cc1. The van der Waals surface area contributed by atoms with Gasteiger partial charge in [-0.15, -0.1) is 0 Å². The third-order valence-corrected chi connectivity index (χ3v) is 4.01. The molecule has 0 aliphatic heterocycles. The Balaban J connectivity index is 1.69. The molecule has 0 aliphatic rings. The molecule has 24 heavy (non-hydrogen) atoms. The molecule has 3 rings (SSSR count). The van der Waals surface area contributed by atoms with Gasteiger partial charge in [0, 0.05) is 29.5 Å². The number of nitrogens with one attached hydrogen (secondary N) is 2. The fraction of sp³-hybridized carbons (Fsp3) is 0.150. The number of anilines is 2. The van der Waals surface area contributed by atoms with E-state index in [1.165, 1.54) is 0 Å². The number of rotatable bonds is 4. The monoisotopic (exact) mass is 319 g/mol. The lowest BCUT2D eigenvalue weighted by atomic mass is 10.1. The van der Waals surface area contributed by atoms with Crippen LogP contribution in [0.5, 0.6) is 0 Å². The lowest BCUT2D eigenvalue weighted by Crippen LogP contribution is -2.20. The van der Waals surface area contributed by atoms with Crippen LogP contribution in [0.15, 0.2) is 67.0 Å². The Morgan fingerprint density at radius 3 is 2.33 bits per heavy atom. The predicted octanol–water partition coefficient (Wildman–Crippen LogP) is 4.99. The summed E-state index contributed by atoms with van der Waals surface area (Å²) in [4.78, 5) is 12.3. The molecule has 0 saturated carbocycles. The molecular formula is C20H21N3O. The van der Waals surface area contributed by atoms with E-state index in [-0.39, 0.29) is 6.03 Å². The summed E-state index contributed by atoms with van der Waals surface area (Å²) in [7, 11) is 0. The summed E-state index contributed by atoms with van der Waals surface area (Å²) < 4.78 is 2.02. The average molecular weight is 319 g/mol. The van der Waals surface area contributed by atoms with Crippen molar-refractivity contribution < 1.29 is 4.79 Å². The van der Waals surface area contributed by atoms with Crippen molar-refractivity contribution in [2.75, 3.05) is 10.6 Å². The fourth-order valence-electron chi connectivity index (χ4n) is 2.70. The Kier molecular flexibility index (Phi) is 4.66. The maximum absolute atomic E-state index is 12.3. The van der Waals surface area contributed by atoms with Crippen LogP contribution in [0.25, 0.3) is 5.69 Å². The fourth-order valence-corrected chi connectivity index (χ4v) is 2.70. The van der Waals surface area contributed by atoms with Crippen LogP contribution in [0.3, 0.4) is 0 Å². The second kappa shape index (κ2) is 7.04. The van der Waals surface area contributed by atoms with Crippen molar-refractivity contribution in [3.8, 4) is 5.69 Å². The van der Waals surface area contributed by atoms with E-state index in [4.69, 9.17) is 0 Å². The third kappa shape index (κ3) is 3.49. The zero-order valence-corrected chi connectivity index (χ0v) is 13.9. The summed E-state index contributed by atoms with van der Waals surface area (Å²) in [5, 5.41) is 5.85. The first-order chi connectivity index (χ1) is 11.7. The maximum atomic E-state index is 12.3. The topological polar surface area (TPSA) is 46.1 Å². The standard InChI is InChI=1S/C20H21N3O/c1-3-16-8-6-7-15(2)19(16)22-20(24)21-17-9-11-18(12-10-17)23-13-4-5-14-23/h4-14H,3H2,1-2H3,(H2,21,22,24). The number of aromatic nitrogens is 1. The highest BCUT2D eigenvalue weighted by atomic mass is 16.2. The summed E-state index contributed by atoms with van der Waals surface area (Å²) in [5.74, 6) is 0. The minimum Gasteiger partial charge on any atom is -0.324 e. The summed E-state index contributed by atoms with van der Waals surface area (Å²) in [5.41, 5.74) is 4.90. The average Bonchev–Trinajstić information content (AvgIpc) is 3.12. The first-order valence-corrected chi connectivity index (χ1v) is 8.07. The van der Waals surface area contributed by atoms with Gasteiger partial charge in [-0.1, -0.05) is 25.1 Å². The molecule has 0 spiro atoms. The van der Waals surface area contributed by atoms with Crippen molar-refractivity contribution in [3.63, 3.8) is 0 Å². The number of hydrogen-bond donors (Lipinski definition) is 2. The molecule has 4 nitrogen and oxygen atoms in total. The van der Waals surface area contributed by atoms with Crippen LogP contribution in [0, 0.1) is 6.92 Å². The summed E-state index contributed by atoms with van der Waals surface area (Å²) in [6, 6.07) is 17.5. The smallest absolute Gasteiger partial charge is 0.323 e. The maximum Gasteiger partial charge on any atom is 0.323 e. The van der Waals surface area contributed by atoms with Gasteiger partial charge >= 0.3 is 6.03 Å². The molecule has 0 bridgehead atoms. The normalized spacial score (nSPS) is 10.4. The van der Waals surface area contributed by atoms with E-state index in [1.54, 1.807) is 0 Å². The van der Waals surface area contributed by atoms with E-state index in [1.807, 2.05) is 78.5 Å². The van der Waals surface area contributed by atoms with Gasteiger partial charge in [-0.05, 0) is 60.9 Å². The highest BCUT2D eigenvalue weighted by Crippen LogP contribution is 2.21. The lowest BCUT2D eigenvalue weighted by molar-refractivity contribution is 0.262. The molecule has 0 fully saturated rings. The van der Waals surface area contributed by atoms with Gasteiger partial charge in [0.15, 0.2) is 0 Å². The van der Waals surface area contributed by atoms with Crippen molar-refractivity contribution in [1.82, 2.24) is 4.57 Å². The van der Waals surface area contributed by atoms with Gasteiger partial charge < -0.3 is 15.2 Å². The molecule has 1 aromatic heterocycles. The molecule has 2 aromatic carbocycles. The number of urea groups is 1. The van der Waals surface area contributed by atoms with Crippen LogP contribution in [0.1, 0.15) is 18.1 Å². The van der Waals surface area contributed by atoms with Crippen molar-refractivity contribution in [2.24, 2.45) is 0 Å². The number of benzene rings is 2. The van der Waals surface area contributed by atoms with E-state index in [0.717, 1.165) is 34.6 Å². The number of nitrogens with zero attached hydrogens (tertiary/aromatic N) is 1. The minimum absolute atomic E-state index is 0.229. The summed E-state index contributed by atoms with van der Waals surface area (Å²) in [6.07, 6.45) is 4.85. The molecule has 0 saturated heterocycles. The van der Waals surface area contributed by atoms with Gasteiger partial charge in [-0.3, -0.25) is 0 Å². The Bertz CT molecular complexity index is 821. The highest BCUT2D eigenvalue weighted by Gasteiger charge is 2.08. The molecule has 0 atom stereocenters. The van der Waals surface area contributed by atoms with Gasteiger partial charge in [0.2, 0.25) is 0 Å². The van der Waals surface area contributed by atoms with Crippen molar-refractivity contribution in [3.05, 3.63) is 78.1 Å². The van der Waals surface area contributed by atoms with Crippen LogP contribution in [-0.2, 0) is 6.42 Å². The van der Waals surface area contributed by atoms with Crippen LogP contribution in [0.4, 0.5) is 16.2 Å². The molecule has 1 heterocycles. The second-order valence-corrected chi connectivity index (χ2v) is 5.68. The Labute approximate surface area is 142 Å². The van der Waals surface area contributed by atoms with Crippen LogP contribution >= 0.6 is 0 Å².